The van der Waals surface area contributed by atoms with Gasteiger partial charge in [-0.2, -0.15) is 0 Å². The maximum atomic E-state index is 12.1. The van der Waals surface area contributed by atoms with Gasteiger partial charge in [-0.05, 0) is 46.3 Å². The van der Waals surface area contributed by atoms with Gasteiger partial charge < -0.3 is 5.32 Å². The Labute approximate surface area is 134 Å². The van der Waals surface area contributed by atoms with E-state index in [-0.39, 0.29) is 5.91 Å². The first-order chi connectivity index (χ1) is 10.2. The van der Waals surface area contributed by atoms with Gasteiger partial charge in [0.1, 0.15) is 5.01 Å². The third-order valence-electron chi connectivity index (χ3n) is 2.79. The lowest BCUT2D eigenvalue weighted by Crippen LogP contribution is -2.12. The summed E-state index contributed by atoms with van der Waals surface area (Å²) in [5.41, 5.74) is 2.28. The first-order valence-corrected chi connectivity index (χ1v) is 7.81. The molecule has 21 heavy (non-hydrogen) atoms. The van der Waals surface area contributed by atoms with Crippen LogP contribution in [0.3, 0.4) is 0 Å². The molecule has 4 nitrogen and oxygen atoms in total. The van der Waals surface area contributed by atoms with Crippen molar-refractivity contribution in [2.24, 2.45) is 0 Å². The topological polar surface area (TPSA) is 54.9 Å². The van der Waals surface area contributed by atoms with E-state index in [1.54, 1.807) is 29.8 Å². The fourth-order valence-electron chi connectivity index (χ4n) is 1.80. The summed E-state index contributed by atoms with van der Waals surface area (Å²) in [6.07, 6.45) is 4.94. The van der Waals surface area contributed by atoms with E-state index in [1.165, 1.54) is 6.20 Å². The zero-order valence-electron chi connectivity index (χ0n) is 10.8. The van der Waals surface area contributed by atoms with Gasteiger partial charge in [0.15, 0.2) is 0 Å². The van der Waals surface area contributed by atoms with Gasteiger partial charge in [-0.3, -0.25) is 9.78 Å². The maximum absolute atomic E-state index is 12.1. The number of halogens is 1. The molecule has 104 valence electrons. The number of nitrogens with one attached hydrogen (secondary N) is 1. The summed E-state index contributed by atoms with van der Waals surface area (Å²) in [5.74, 6) is -0.189. The minimum Gasteiger partial charge on any atom is -0.322 e. The van der Waals surface area contributed by atoms with Gasteiger partial charge in [0.05, 0.1) is 5.56 Å². The molecule has 1 amide bonds. The van der Waals surface area contributed by atoms with Crippen LogP contribution in [0.15, 0.2) is 58.8 Å². The summed E-state index contributed by atoms with van der Waals surface area (Å²) in [7, 11) is 0. The van der Waals surface area contributed by atoms with Gasteiger partial charge in [-0.15, -0.1) is 11.3 Å². The van der Waals surface area contributed by atoms with Crippen LogP contribution in [0.1, 0.15) is 10.4 Å². The van der Waals surface area contributed by atoms with Crippen molar-refractivity contribution < 1.29 is 4.79 Å². The smallest absolute Gasteiger partial charge is 0.257 e. The molecule has 1 aromatic carbocycles. The number of anilines is 1. The van der Waals surface area contributed by atoms with Crippen molar-refractivity contribution in [1.29, 1.82) is 0 Å². The zero-order chi connectivity index (χ0) is 14.7. The maximum Gasteiger partial charge on any atom is 0.257 e. The minimum absolute atomic E-state index is 0.189. The highest BCUT2D eigenvalue weighted by Gasteiger charge is 2.07. The molecule has 0 aliphatic carbocycles. The Bertz CT molecular complexity index is 757. The number of thiazole rings is 1. The molecule has 1 N–H and O–H groups in total. The van der Waals surface area contributed by atoms with Crippen LogP contribution in [0.4, 0.5) is 5.69 Å². The van der Waals surface area contributed by atoms with Crippen molar-refractivity contribution in [3.05, 3.63) is 64.3 Å². The molecule has 6 heteroatoms. The minimum atomic E-state index is -0.189. The Hall–Kier alpha value is -2.05. The highest BCUT2D eigenvalue weighted by Crippen LogP contribution is 2.23. The standard InChI is InChI=1S/C15H10BrN3OS/c16-12-7-11(8-17-9-12)14(20)19-13-3-1-10(2-4-13)15-18-5-6-21-15/h1-9H,(H,19,20). The molecule has 0 fully saturated rings. The SMILES string of the molecule is O=C(Nc1ccc(-c2nccs2)cc1)c1cncc(Br)c1. The summed E-state index contributed by atoms with van der Waals surface area (Å²) in [6.45, 7) is 0. The highest BCUT2D eigenvalue weighted by molar-refractivity contribution is 9.10. The van der Waals surface area contributed by atoms with E-state index in [1.807, 2.05) is 29.6 Å². The average molecular weight is 360 g/mol. The number of aromatic nitrogens is 2. The third kappa shape index (κ3) is 3.34. The fraction of sp³-hybridized carbons (Fsp3) is 0. The number of rotatable bonds is 3. The molecule has 0 unspecified atom stereocenters. The Kier molecular flexibility index (Phi) is 4.08. The number of carbonyl (C=O) groups is 1. The molecule has 0 radical (unpaired) electrons. The van der Waals surface area contributed by atoms with Crippen molar-refractivity contribution >= 4 is 38.9 Å². The summed E-state index contributed by atoms with van der Waals surface area (Å²) in [6, 6.07) is 9.33. The molecule has 0 spiro atoms. The van der Waals surface area contributed by atoms with Crippen LogP contribution in [-0.4, -0.2) is 15.9 Å². The number of carbonyl (C=O) groups excluding carboxylic acids is 1. The summed E-state index contributed by atoms with van der Waals surface area (Å²) in [5, 5.41) is 5.74. The second-order valence-electron chi connectivity index (χ2n) is 4.26. The lowest BCUT2D eigenvalue weighted by Gasteiger charge is -2.06. The van der Waals surface area contributed by atoms with Crippen LogP contribution in [0.5, 0.6) is 0 Å². The molecular formula is C15H10BrN3OS. The number of hydrogen-bond acceptors (Lipinski definition) is 4. The highest BCUT2D eigenvalue weighted by atomic mass is 79.9. The number of hydrogen-bond donors (Lipinski definition) is 1. The van der Waals surface area contributed by atoms with E-state index >= 15 is 0 Å². The normalized spacial score (nSPS) is 10.3. The molecule has 0 aliphatic rings. The van der Waals surface area contributed by atoms with Gasteiger partial charge in [0.2, 0.25) is 0 Å². The van der Waals surface area contributed by atoms with E-state index in [9.17, 15) is 4.79 Å². The largest absolute Gasteiger partial charge is 0.322 e. The first-order valence-electron chi connectivity index (χ1n) is 6.14. The summed E-state index contributed by atoms with van der Waals surface area (Å²) in [4.78, 5) is 20.3. The second kappa shape index (κ2) is 6.15. The molecule has 2 heterocycles. The number of benzene rings is 1. The Morgan fingerprint density at radius 1 is 1.19 bits per heavy atom. The Balaban J connectivity index is 1.75. The van der Waals surface area contributed by atoms with Crippen molar-refractivity contribution in [3.63, 3.8) is 0 Å². The van der Waals surface area contributed by atoms with Crippen LogP contribution in [-0.2, 0) is 0 Å². The van der Waals surface area contributed by atoms with Crippen molar-refractivity contribution in [2.45, 2.75) is 0 Å². The third-order valence-corrected chi connectivity index (χ3v) is 4.04. The number of pyridine rings is 1. The predicted octanol–water partition coefficient (Wildman–Crippen LogP) is 4.22. The zero-order valence-corrected chi connectivity index (χ0v) is 13.2. The lowest BCUT2D eigenvalue weighted by molar-refractivity contribution is 0.102. The van der Waals surface area contributed by atoms with Gasteiger partial charge >= 0.3 is 0 Å². The van der Waals surface area contributed by atoms with Crippen LogP contribution in [0, 0.1) is 0 Å². The number of amides is 1. The van der Waals surface area contributed by atoms with Crippen LogP contribution in [0.25, 0.3) is 10.6 Å². The molecule has 0 saturated heterocycles. The molecule has 0 bridgehead atoms. The molecule has 3 aromatic rings. The van der Waals surface area contributed by atoms with E-state index in [0.29, 0.717) is 5.56 Å². The van der Waals surface area contributed by atoms with Gasteiger partial charge in [0.25, 0.3) is 5.91 Å². The Morgan fingerprint density at radius 2 is 2.00 bits per heavy atom. The van der Waals surface area contributed by atoms with E-state index < -0.39 is 0 Å². The van der Waals surface area contributed by atoms with Crippen molar-refractivity contribution in [3.8, 4) is 10.6 Å². The van der Waals surface area contributed by atoms with Crippen molar-refractivity contribution in [1.82, 2.24) is 9.97 Å². The lowest BCUT2D eigenvalue weighted by atomic mass is 10.2. The fourth-order valence-corrected chi connectivity index (χ4v) is 2.81. The van der Waals surface area contributed by atoms with Crippen LogP contribution < -0.4 is 5.32 Å². The second-order valence-corrected chi connectivity index (χ2v) is 6.07. The molecular weight excluding hydrogens is 350 g/mol. The van der Waals surface area contributed by atoms with Gasteiger partial charge in [-0.1, -0.05) is 0 Å². The summed E-state index contributed by atoms with van der Waals surface area (Å²) < 4.78 is 0.772. The van der Waals surface area contributed by atoms with E-state index in [4.69, 9.17) is 0 Å². The van der Waals surface area contributed by atoms with E-state index in [2.05, 4.69) is 31.2 Å². The molecule has 2 aromatic heterocycles. The Morgan fingerprint density at radius 3 is 2.67 bits per heavy atom. The number of nitrogens with zero attached hydrogens (tertiary/aromatic N) is 2. The molecule has 0 saturated carbocycles. The monoisotopic (exact) mass is 359 g/mol. The van der Waals surface area contributed by atoms with Crippen molar-refractivity contribution in [2.75, 3.05) is 5.32 Å². The molecule has 3 rings (SSSR count). The predicted molar refractivity (Wildman–Crippen MR) is 87.4 cm³/mol. The first kappa shape index (κ1) is 13.9. The van der Waals surface area contributed by atoms with Gasteiger partial charge in [0, 0.05) is 39.7 Å². The average Bonchev–Trinajstić information content (AvgIpc) is 3.02. The van der Waals surface area contributed by atoms with Crippen LogP contribution in [0.2, 0.25) is 0 Å². The quantitative estimate of drug-likeness (QED) is 0.761. The van der Waals surface area contributed by atoms with Crippen LogP contribution >= 0.6 is 27.3 Å². The molecule has 0 aliphatic heterocycles. The summed E-state index contributed by atoms with van der Waals surface area (Å²) >= 11 is 4.88. The van der Waals surface area contributed by atoms with Gasteiger partial charge in [-0.25, -0.2) is 4.98 Å². The molecule has 0 atom stereocenters. The van der Waals surface area contributed by atoms with E-state index in [0.717, 1.165) is 20.7 Å².